The highest BCUT2D eigenvalue weighted by Gasteiger charge is 1.99. The summed E-state index contributed by atoms with van der Waals surface area (Å²) in [6.07, 6.45) is 3.67. The number of hydrogen-bond acceptors (Lipinski definition) is 2. The van der Waals surface area contributed by atoms with E-state index in [1.807, 2.05) is 29.0 Å². The molecule has 0 saturated heterocycles. The Kier molecular flexibility index (Phi) is 3.22. The summed E-state index contributed by atoms with van der Waals surface area (Å²) in [6.45, 7) is 1.32. The van der Waals surface area contributed by atoms with E-state index in [9.17, 15) is 4.79 Å². The van der Waals surface area contributed by atoms with Crippen LogP contribution in [-0.4, -0.2) is 14.2 Å². The second-order valence-electron chi connectivity index (χ2n) is 3.58. The first-order valence-corrected chi connectivity index (χ1v) is 5.21. The van der Waals surface area contributed by atoms with Crippen molar-refractivity contribution >= 4 is 0 Å². The Morgan fingerprint density at radius 1 is 1.00 bits per heavy atom. The second-order valence-corrected chi connectivity index (χ2v) is 3.58. The average Bonchev–Trinajstić information content (AvgIpc) is 2.75. The van der Waals surface area contributed by atoms with Gasteiger partial charge in [0.05, 0.1) is 6.61 Å². The summed E-state index contributed by atoms with van der Waals surface area (Å²) >= 11 is 0. The van der Waals surface area contributed by atoms with E-state index >= 15 is 0 Å². The molecule has 0 aliphatic heterocycles. The van der Waals surface area contributed by atoms with Crippen molar-refractivity contribution < 1.29 is 5.11 Å². The van der Waals surface area contributed by atoms with E-state index in [0.29, 0.717) is 13.1 Å². The maximum absolute atomic E-state index is 11.4. The summed E-state index contributed by atoms with van der Waals surface area (Å²) in [5, 5.41) is 9.07. The standard InChI is InChI=1S/C12H14N2O2/c15-10-11-4-3-7-13(11)8-9-14-6-2-1-5-12(14)16/h1-7,15H,8-10H2. The number of nitrogens with zero attached hydrogens (tertiary/aromatic N) is 2. The van der Waals surface area contributed by atoms with Gasteiger partial charge in [-0.3, -0.25) is 4.79 Å². The van der Waals surface area contributed by atoms with Gasteiger partial charge in [-0.1, -0.05) is 6.07 Å². The van der Waals surface area contributed by atoms with Crippen LogP contribution in [0.2, 0.25) is 0 Å². The molecule has 0 bridgehead atoms. The molecule has 84 valence electrons. The lowest BCUT2D eigenvalue weighted by Gasteiger charge is -2.08. The van der Waals surface area contributed by atoms with Gasteiger partial charge >= 0.3 is 0 Å². The predicted molar refractivity (Wildman–Crippen MR) is 61.1 cm³/mol. The second kappa shape index (κ2) is 4.81. The molecule has 0 spiro atoms. The van der Waals surface area contributed by atoms with E-state index in [2.05, 4.69) is 0 Å². The monoisotopic (exact) mass is 218 g/mol. The molecule has 0 radical (unpaired) electrons. The van der Waals surface area contributed by atoms with E-state index in [4.69, 9.17) is 5.11 Å². The van der Waals surface area contributed by atoms with Gasteiger partial charge in [-0.05, 0) is 18.2 Å². The molecule has 4 nitrogen and oxygen atoms in total. The van der Waals surface area contributed by atoms with Crippen LogP contribution in [0.3, 0.4) is 0 Å². The Balaban J connectivity index is 2.08. The Morgan fingerprint density at radius 3 is 2.50 bits per heavy atom. The molecule has 2 rings (SSSR count). The number of aromatic nitrogens is 2. The molecule has 0 unspecified atom stereocenters. The minimum atomic E-state index is 0.000189. The van der Waals surface area contributed by atoms with Crippen molar-refractivity contribution in [3.8, 4) is 0 Å². The van der Waals surface area contributed by atoms with E-state index in [1.165, 1.54) is 0 Å². The fraction of sp³-hybridized carbons (Fsp3) is 0.250. The number of hydrogen-bond donors (Lipinski definition) is 1. The van der Waals surface area contributed by atoms with Crippen molar-refractivity contribution in [2.24, 2.45) is 0 Å². The van der Waals surface area contributed by atoms with Gasteiger partial charge in [0.1, 0.15) is 0 Å². The topological polar surface area (TPSA) is 47.2 Å². The van der Waals surface area contributed by atoms with Crippen LogP contribution in [0.5, 0.6) is 0 Å². The van der Waals surface area contributed by atoms with Crippen molar-refractivity contribution in [1.82, 2.24) is 9.13 Å². The van der Waals surface area contributed by atoms with Crippen LogP contribution >= 0.6 is 0 Å². The van der Waals surface area contributed by atoms with E-state index in [1.54, 1.807) is 22.9 Å². The molecule has 0 atom stereocenters. The largest absolute Gasteiger partial charge is 0.390 e. The molecule has 4 heteroatoms. The number of aliphatic hydroxyl groups is 1. The normalized spacial score (nSPS) is 10.6. The van der Waals surface area contributed by atoms with Gasteiger partial charge < -0.3 is 14.2 Å². The van der Waals surface area contributed by atoms with Crippen molar-refractivity contribution in [3.63, 3.8) is 0 Å². The Labute approximate surface area is 93.4 Å². The number of rotatable bonds is 4. The van der Waals surface area contributed by atoms with Crippen molar-refractivity contribution in [2.45, 2.75) is 19.7 Å². The van der Waals surface area contributed by atoms with E-state index < -0.39 is 0 Å². The molecule has 0 aliphatic carbocycles. The first-order valence-electron chi connectivity index (χ1n) is 5.21. The summed E-state index contributed by atoms with van der Waals surface area (Å²) in [5.74, 6) is 0. The van der Waals surface area contributed by atoms with E-state index in [0.717, 1.165) is 5.69 Å². The Morgan fingerprint density at radius 2 is 1.75 bits per heavy atom. The molecule has 2 aromatic rings. The van der Waals surface area contributed by atoms with Gasteiger partial charge in [-0.25, -0.2) is 0 Å². The lowest BCUT2D eigenvalue weighted by molar-refractivity contribution is 0.269. The average molecular weight is 218 g/mol. The zero-order valence-electron chi connectivity index (χ0n) is 8.91. The van der Waals surface area contributed by atoms with Crippen molar-refractivity contribution in [1.29, 1.82) is 0 Å². The zero-order chi connectivity index (χ0) is 11.4. The maximum atomic E-state index is 11.4. The minimum absolute atomic E-state index is 0.000189. The third-order valence-corrected chi connectivity index (χ3v) is 2.57. The van der Waals surface area contributed by atoms with Crippen LogP contribution < -0.4 is 5.56 Å². The maximum Gasteiger partial charge on any atom is 0.250 e. The third-order valence-electron chi connectivity index (χ3n) is 2.57. The van der Waals surface area contributed by atoms with Crippen LogP contribution in [0.1, 0.15) is 5.69 Å². The van der Waals surface area contributed by atoms with Crippen LogP contribution in [0.4, 0.5) is 0 Å². The van der Waals surface area contributed by atoms with Gasteiger partial charge in [-0.2, -0.15) is 0 Å². The van der Waals surface area contributed by atoms with Gasteiger partial charge in [0.25, 0.3) is 5.56 Å². The van der Waals surface area contributed by atoms with Crippen molar-refractivity contribution in [3.05, 3.63) is 58.8 Å². The summed E-state index contributed by atoms with van der Waals surface area (Å²) in [6, 6.07) is 8.87. The number of aryl methyl sites for hydroxylation is 2. The van der Waals surface area contributed by atoms with Crippen LogP contribution in [0.15, 0.2) is 47.5 Å². The molecule has 16 heavy (non-hydrogen) atoms. The zero-order valence-corrected chi connectivity index (χ0v) is 8.91. The lowest BCUT2D eigenvalue weighted by Crippen LogP contribution is -2.20. The summed E-state index contributed by atoms with van der Waals surface area (Å²) in [5.41, 5.74) is 0.865. The Hall–Kier alpha value is -1.81. The highest BCUT2D eigenvalue weighted by Crippen LogP contribution is 2.02. The molecule has 0 fully saturated rings. The molecular weight excluding hydrogens is 204 g/mol. The summed E-state index contributed by atoms with van der Waals surface area (Å²) in [4.78, 5) is 11.4. The molecular formula is C12H14N2O2. The van der Waals surface area contributed by atoms with E-state index in [-0.39, 0.29) is 12.2 Å². The molecule has 1 N–H and O–H groups in total. The van der Waals surface area contributed by atoms with Crippen molar-refractivity contribution in [2.75, 3.05) is 0 Å². The predicted octanol–water partition coefficient (Wildman–Crippen LogP) is 0.842. The molecule has 0 saturated carbocycles. The smallest absolute Gasteiger partial charge is 0.250 e. The minimum Gasteiger partial charge on any atom is -0.390 e. The van der Waals surface area contributed by atoms with Gasteiger partial charge in [0.2, 0.25) is 0 Å². The molecule has 2 aromatic heterocycles. The first kappa shape index (κ1) is 10.7. The quantitative estimate of drug-likeness (QED) is 0.826. The molecule has 0 aliphatic rings. The molecule has 2 heterocycles. The van der Waals surface area contributed by atoms with Crippen LogP contribution in [-0.2, 0) is 19.7 Å². The highest BCUT2D eigenvalue weighted by molar-refractivity contribution is 5.05. The molecule has 0 aromatic carbocycles. The number of pyridine rings is 1. The van der Waals surface area contributed by atoms with Gasteiger partial charge in [0.15, 0.2) is 0 Å². The summed E-state index contributed by atoms with van der Waals surface area (Å²) in [7, 11) is 0. The molecule has 0 amide bonds. The van der Waals surface area contributed by atoms with Crippen LogP contribution in [0, 0.1) is 0 Å². The highest BCUT2D eigenvalue weighted by atomic mass is 16.3. The lowest BCUT2D eigenvalue weighted by atomic mass is 10.4. The summed E-state index contributed by atoms with van der Waals surface area (Å²) < 4.78 is 3.60. The fourth-order valence-corrected chi connectivity index (χ4v) is 1.67. The van der Waals surface area contributed by atoms with Gasteiger partial charge in [-0.15, -0.1) is 0 Å². The third kappa shape index (κ3) is 2.23. The van der Waals surface area contributed by atoms with Gasteiger partial charge in [0, 0.05) is 37.2 Å². The SMILES string of the molecule is O=c1ccccn1CCn1cccc1CO. The van der Waals surface area contributed by atoms with Crippen LogP contribution in [0.25, 0.3) is 0 Å². The number of aliphatic hydroxyl groups excluding tert-OH is 1. The fourth-order valence-electron chi connectivity index (χ4n) is 1.67. The first-order chi connectivity index (χ1) is 7.81. The Bertz CT molecular complexity index is 513.